The van der Waals surface area contributed by atoms with Crippen LogP contribution in [0.4, 0.5) is 23.2 Å². The number of imidazole rings is 1. The predicted octanol–water partition coefficient (Wildman–Crippen LogP) is 6.49. The predicted molar refractivity (Wildman–Crippen MR) is 142 cm³/mol. The highest BCUT2D eigenvalue weighted by Crippen LogP contribution is 2.43. The van der Waals surface area contributed by atoms with Gasteiger partial charge in [0.15, 0.2) is 5.65 Å². The highest BCUT2D eigenvalue weighted by molar-refractivity contribution is 5.92. The van der Waals surface area contributed by atoms with Gasteiger partial charge in [-0.25, -0.2) is 19.2 Å². The van der Waals surface area contributed by atoms with Crippen molar-refractivity contribution in [2.45, 2.75) is 25.4 Å². The van der Waals surface area contributed by atoms with Gasteiger partial charge in [-0.15, -0.1) is 0 Å². The Hall–Kier alpha value is -3.99. The molecule has 1 saturated carbocycles. The molecule has 5 rings (SSSR count). The molecule has 2 aromatic heterocycles. The molecule has 0 aliphatic heterocycles. The van der Waals surface area contributed by atoms with Crippen LogP contribution in [0.2, 0.25) is 0 Å². The molecule has 0 spiro atoms. The summed E-state index contributed by atoms with van der Waals surface area (Å²) in [5.41, 5.74) is 1.55. The average molecular weight is 557 g/mol. The van der Waals surface area contributed by atoms with E-state index in [1.54, 1.807) is 37.4 Å². The molecule has 1 fully saturated rings. The number of alkyl halides is 3. The summed E-state index contributed by atoms with van der Waals surface area (Å²) in [6.45, 7) is 1.22. The summed E-state index contributed by atoms with van der Waals surface area (Å²) in [5.74, 6) is -1.03. The maximum atomic E-state index is 14.3. The minimum atomic E-state index is -4.72. The molecule has 1 aliphatic carbocycles. The lowest BCUT2D eigenvalue weighted by Crippen LogP contribution is -2.44. The van der Waals surface area contributed by atoms with Crippen molar-refractivity contribution >= 4 is 22.8 Å². The van der Waals surface area contributed by atoms with Crippen LogP contribution in [0.3, 0.4) is 0 Å². The smallest absolute Gasteiger partial charge is 0.416 e. The zero-order chi connectivity index (χ0) is 28.7. The first kappa shape index (κ1) is 27.6. The second-order valence-corrected chi connectivity index (χ2v) is 10.2. The second kappa shape index (κ2) is 10.5. The lowest BCUT2D eigenvalue weighted by molar-refractivity contribution is -0.137. The van der Waals surface area contributed by atoms with Gasteiger partial charge in [-0.05, 0) is 49.2 Å². The lowest BCUT2D eigenvalue weighted by atomic mass is 9.69. The van der Waals surface area contributed by atoms with Crippen LogP contribution in [-0.2, 0) is 15.7 Å². The Balaban J connectivity index is 1.62. The number of aromatic amines is 1. The van der Waals surface area contributed by atoms with Crippen molar-refractivity contribution in [3.63, 3.8) is 0 Å². The van der Waals surface area contributed by atoms with E-state index in [2.05, 4.69) is 15.0 Å². The van der Waals surface area contributed by atoms with Crippen LogP contribution in [0.15, 0.2) is 48.5 Å². The van der Waals surface area contributed by atoms with E-state index in [9.17, 15) is 22.4 Å². The minimum Gasteiger partial charge on any atom is -0.465 e. The fourth-order valence-electron chi connectivity index (χ4n) is 5.26. The zero-order valence-corrected chi connectivity index (χ0v) is 22.2. The summed E-state index contributed by atoms with van der Waals surface area (Å²) in [6.07, 6.45) is -1.64. The number of hydrogen-bond donors (Lipinski definition) is 1. The second-order valence-electron chi connectivity index (χ2n) is 10.2. The van der Waals surface area contributed by atoms with Gasteiger partial charge < -0.3 is 19.4 Å². The van der Waals surface area contributed by atoms with Gasteiger partial charge in [-0.1, -0.05) is 18.6 Å². The van der Waals surface area contributed by atoms with Gasteiger partial charge in [0.2, 0.25) is 0 Å². The fraction of sp³-hybridized carbons (Fsp3) is 0.345. The number of nitrogens with zero attached hydrogens (tertiary/aromatic N) is 3. The van der Waals surface area contributed by atoms with Crippen LogP contribution >= 0.6 is 0 Å². The van der Waals surface area contributed by atoms with Crippen LogP contribution in [0, 0.1) is 11.2 Å². The SMILES string of the molecule is COCC1(CN(C)c2cc(-c3cc(F)cc(C(F)(F)F)c3)nc3nc(-c4ccc(C(=O)OC)cc4)[nH]c23)CCC1. The molecule has 1 aliphatic rings. The Morgan fingerprint density at radius 2 is 1.77 bits per heavy atom. The number of rotatable bonds is 8. The fourth-order valence-corrected chi connectivity index (χ4v) is 5.26. The monoisotopic (exact) mass is 556 g/mol. The van der Waals surface area contributed by atoms with Gasteiger partial charge in [-0.3, -0.25) is 0 Å². The maximum absolute atomic E-state index is 14.3. The number of methoxy groups -OCH3 is 2. The number of carbonyl (C=O) groups is 1. The molecule has 0 unspecified atom stereocenters. The molecule has 0 bridgehead atoms. The summed E-state index contributed by atoms with van der Waals surface area (Å²) < 4.78 is 64.9. The van der Waals surface area contributed by atoms with Crippen LogP contribution < -0.4 is 4.90 Å². The van der Waals surface area contributed by atoms with Gasteiger partial charge >= 0.3 is 12.1 Å². The van der Waals surface area contributed by atoms with Crippen molar-refractivity contribution in [2.75, 3.05) is 39.3 Å². The van der Waals surface area contributed by atoms with Crippen molar-refractivity contribution in [3.05, 3.63) is 65.5 Å². The standard InChI is InChI=1S/C29H28F4N4O3/c1-37(15-28(16-39-2)9-4-10-28)23-14-22(19-11-20(29(31,32)33)13-21(30)12-19)34-26-24(23)35-25(36-26)17-5-7-18(8-6-17)27(38)40-3/h5-8,11-14H,4,9-10,15-16H2,1-3H3,(H,34,35,36). The van der Waals surface area contributed by atoms with E-state index in [1.165, 1.54) is 7.11 Å². The molecule has 11 heteroatoms. The normalized spacial score (nSPS) is 14.7. The van der Waals surface area contributed by atoms with Crippen molar-refractivity contribution in [1.29, 1.82) is 0 Å². The Morgan fingerprint density at radius 1 is 1.05 bits per heavy atom. The molecule has 2 heterocycles. The van der Waals surface area contributed by atoms with E-state index >= 15 is 0 Å². The van der Waals surface area contributed by atoms with Gasteiger partial charge in [0.25, 0.3) is 0 Å². The first-order chi connectivity index (χ1) is 19.0. The highest BCUT2D eigenvalue weighted by Gasteiger charge is 2.38. The molecule has 4 aromatic rings. The largest absolute Gasteiger partial charge is 0.465 e. The molecule has 0 amide bonds. The molecule has 1 N–H and O–H groups in total. The summed E-state index contributed by atoms with van der Waals surface area (Å²) in [4.78, 5) is 26.3. The van der Waals surface area contributed by atoms with E-state index in [4.69, 9.17) is 9.47 Å². The topological polar surface area (TPSA) is 80.3 Å². The third-order valence-electron chi connectivity index (χ3n) is 7.39. The summed E-state index contributed by atoms with van der Waals surface area (Å²) >= 11 is 0. The number of ether oxygens (including phenoxy) is 2. The Morgan fingerprint density at radius 3 is 2.38 bits per heavy atom. The minimum absolute atomic E-state index is 0.00824. The van der Waals surface area contributed by atoms with Gasteiger partial charge in [0.05, 0.1) is 36.2 Å². The number of hydrogen-bond acceptors (Lipinski definition) is 6. The maximum Gasteiger partial charge on any atom is 0.416 e. The van der Waals surface area contributed by atoms with Crippen molar-refractivity contribution in [1.82, 2.24) is 15.0 Å². The molecule has 40 heavy (non-hydrogen) atoms. The number of anilines is 1. The van der Waals surface area contributed by atoms with Crippen LogP contribution in [0.1, 0.15) is 35.2 Å². The lowest BCUT2D eigenvalue weighted by Gasteiger charge is -2.44. The molecular formula is C29H28F4N4O3. The molecular weight excluding hydrogens is 528 g/mol. The molecule has 210 valence electrons. The summed E-state index contributed by atoms with van der Waals surface area (Å²) in [7, 11) is 4.86. The van der Waals surface area contributed by atoms with Crippen molar-refractivity contribution < 1.29 is 31.8 Å². The average Bonchev–Trinajstić information content (AvgIpc) is 3.34. The number of benzene rings is 2. The first-order valence-corrected chi connectivity index (χ1v) is 12.7. The van der Waals surface area contributed by atoms with E-state index in [0.29, 0.717) is 47.4 Å². The van der Waals surface area contributed by atoms with Gasteiger partial charge in [0, 0.05) is 37.2 Å². The van der Waals surface area contributed by atoms with Crippen molar-refractivity contribution in [3.8, 4) is 22.6 Å². The van der Waals surface area contributed by atoms with E-state index in [1.807, 2.05) is 11.9 Å². The molecule has 7 nitrogen and oxygen atoms in total. The summed E-state index contributed by atoms with van der Waals surface area (Å²) in [6, 6.07) is 10.7. The Bertz CT molecular complexity index is 1550. The van der Waals surface area contributed by atoms with E-state index < -0.39 is 23.5 Å². The number of aromatic nitrogens is 3. The number of fused-ring (bicyclic) bond motifs is 1. The zero-order valence-electron chi connectivity index (χ0n) is 22.2. The quantitative estimate of drug-likeness (QED) is 0.197. The van der Waals surface area contributed by atoms with Crippen LogP contribution in [-0.4, -0.2) is 55.3 Å². The number of carbonyl (C=O) groups excluding carboxylic acids is 1. The van der Waals surface area contributed by atoms with Gasteiger partial charge in [0.1, 0.15) is 17.2 Å². The van der Waals surface area contributed by atoms with Crippen LogP contribution in [0.25, 0.3) is 33.8 Å². The molecule has 2 aromatic carbocycles. The van der Waals surface area contributed by atoms with Crippen molar-refractivity contribution in [2.24, 2.45) is 5.41 Å². The third-order valence-corrected chi connectivity index (χ3v) is 7.39. The van der Waals surface area contributed by atoms with Gasteiger partial charge in [-0.2, -0.15) is 13.2 Å². The van der Waals surface area contributed by atoms with E-state index in [0.717, 1.165) is 31.4 Å². The first-order valence-electron chi connectivity index (χ1n) is 12.7. The number of halogens is 4. The summed E-state index contributed by atoms with van der Waals surface area (Å²) in [5, 5.41) is 0. The number of pyridine rings is 1. The number of nitrogens with one attached hydrogen (secondary N) is 1. The Labute approximate surface area is 228 Å². The number of esters is 1. The molecule has 0 radical (unpaired) electrons. The Kier molecular flexibility index (Phi) is 7.26. The molecule has 0 atom stereocenters. The third kappa shape index (κ3) is 5.38. The number of H-pyrrole nitrogens is 1. The van der Waals surface area contributed by atoms with E-state index in [-0.39, 0.29) is 22.3 Å². The van der Waals surface area contributed by atoms with Crippen LogP contribution in [0.5, 0.6) is 0 Å². The molecule has 0 saturated heterocycles. The highest BCUT2D eigenvalue weighted by atomic mass is 19.4.